The molecule has 2 heterocycles. The number of rotatable bonds is 4. The second-order valence-electron chi connectivity index (χ2n) is 6.92. The fourth-order valence-electron chi connectivity index (χ4n) is 2.90. The van der Waals surface area contributed by atoms with Crippen LogP contribution >= 0.6 is 11.8 Å². The molecule has 2 N–H and O–H groups in total. The molecule has 2 rings (SSSR count). The van der Waals surface area contributed by atoms with Gasteiger partial charge < -0.3 is 20.3 Å². The molecule has 0 aromatic rings. The summed E-state index contributed by atoms with van der Waals surface area (Å²) in [5.41, 5.74) is 0.0446. The molecule has 2 fully saturated rings. The van der Waals surface area contributed by atoms with Crippen LogP contribution in [0.1, 0.15) is 33.1 Å². The highest BCUT2D eigenvalue weighted by molar-refractivity contribution is 7.99. The van der Waals surface area contributed by atoms with Crippen molar-refractivity contribution in [1.29, 1.82) is 0 Å². The summed E-state index contributed by atoms with van der Waals surface area (Å²) in [6.45, 7) is 5.11. The Bertz CT molecular complexity index is 434. The number of aliphatic imine (C=N–C) groups is 1. The van der Waals surface area contributed by atoms with Crippen LogP contribution < -0.4 is 10.6 Å². The maximum Gasteiger partial charge on any atom is 0.243 e. The van der Waals surface area contributed by atoms with Crippen molar-refractivity contribution >= 4 is 23.6 Å². The molecule has 6 nitrogen and oxygen atoms in total. The van der Waals surface area contributed by atoms with Gasteiger partial charge in [0.2, 0.25) is 5.91 Å². The van der Waals surface area contributed by atoms with Crippen LogP contribution in [0.2, 0.25) is 0 Å². The number of ether oxygens (including phenoxy) is 1. The van der Waals surface area contributed by atoms with Gasteiger partial charge in [-0.1, -0.05) is 0 Å². The summed E-state index contributed by atoms with van der Waals surface area (Å²) in [6, 6.07) is 0.619. The third-order valence-corrected chi connectivity index (χ3v) is 5.42. The van der Waals surface area contributed by atoms with Crippen molar-refractivity contribution in [2.24, 2.45) is 4.99 Å². The Hall–Kier alpha value is -0.950. The Kier molecular flexibility index (Phi) is 6.59. The highest BCUT2D eigenvalue weighted by atomic mass is 32.2. The number of carbonyl (C=O) groups excluding carboxylic acids is 1. The zero-order chi connectivity index (χ0) is 16.9. The lowest BCUT2D eigenvalue weighted by Gasteiger charge is -2.38. The molecule has 0 aromatic carbocycles. The third kappa shape index (κ3) is 5.57. The molecule has 23 heavy (non-hydrogen) atoms. The average molecular weight is 343 g/mol. The maximum atomic E-state index is 11.8. The van der Waals surface area contributed by atoms with Crippen LogP contribution in [0.4, 0.5) is 0 Å². The zero-order valence-corrected chi connectivity index (χ0v) is 15.5. The topological polar surface area (TPSA) is 66.0 Å². The van der Waals surface area contributed by atoms with Crippen LogP contribution in [0, 0.1) is 0 Å². The van der Waals surface area contributed by atoms with Crippen LogP contribution in [0.5, 0.6) is 0 Å². The SMILES string of the molecule is CC(C)NC(=NCC(=O)N(C)C)NC1CCOC2(CCSC2)C1. The molecule has 2 aliphatic heterocycles. The van der Waals surface area contributed by atoms with E-state index in [4.69, 9.17) is 4.74 Å². The van der Waals surface area contributed by atoms with Crippen molar-refractivity contribution in [3.05, 3.63) is 0 Å². The summed E-state index contributed by atoms with van der Waals surface area (Å²) in [7, 11) is 3.50. The van der Waals surface area contributed by atoms with Crippen molar-refractivity contribution in [2.75, 3.05) is 38.8 Å². The fourth-order valence-corrected chi connectivity index (χ4v) is 4.28. The minimum atomic E-state index is 0.00509. The van der Waals surface area contributed by atoms with Gasteiger partial charge in [0, 0.05) is 38.5 Å². The number of amides is 1. The number of guanidine groups is 1. The monoisotopic (exact) mass is 342 g/mol. The molecule has 2 saturated heterocycles. The lowest BCUT2D eigenvalue weighted by molar-refractivity contribution is -0.127. The molecule has 0 aliphatic carbocycles. The molecule has 2 unspecified atom stereocenters. The van der Waals surface area contributed by atoms with E-state index in [-0.39, 0.29) is 24.1 Å². The van der Waals surface area contributed by atoms with Gasteiger partial charge in [-0.15, -0.1) is 0 Å². The molecule has 2 aliphatic rings. The van der Waals surface area contributed by atoms with Crippen molar-refractivity contribution < 1.29 is 9.53 Å². The molecule has 2 atom stereocenters. The number of nitrogens with zero attached hydrogens (tertiary/aromatic N) is 2. The van der Waals surface area contributed by atoms with Gasteiger partial charge in [0.15, 0.2) is 5.96 Å². The molecule has 0 radical (unpaired) electrons. The number of carbonyl (C=O) groups is 1. The van der Waals surface area contributed by atoms with Gasteiger partial charge in [-0.25, -0.2) is 4.99 Å². The van der Waals surface area contributed by atoms with Crippen LogP contribution in [0.25, 0.3) is 0 Å². The number of hydrogen-bond acceptors (Lipinski definition) is 4. The van der Waals surface area contributed by atoms with Crippen molar-refractivity contribution in [2.45, 2.75) is 50.8 Å². The summed E-state index contributed by atoms with van der Waals surface area (Å²) in [4.78, 5) is 17.8. The fraction of sp³-hybridized carbons (Fsp3) is 0.875. The van der Waals surface area contributed by atoms with Crippen LogP contribution in [-0.2, 0) is 9.53 Å². The van der Waals surface area contributed by atoms with Gasteiger partial charge in [-0.2, -0.15) is 11.8 Å². The van der Waals surface area contributed by atoms with Gasteiger partial charge >= 0.3 is 0 Å². The Morgan fingerprint density at radius 2 is 2.26 bits per heavy atom. The summed E-state index contributed by atoms with van der Waals surface area (Å²) in [5, 5.41) is 6.83. The first kappa shape index (κ1) is 18.4. The Morgan fingerprint density at radius 3 is 2.87 bits per heavy atom. The van der Waals surface area contributed by atoms with Crippen molar-refractivity contribution in [1.82, 2.24) is 15.5 Å². The van der Waals surface area contributed by atoms with Gasteiger partial charge in [-0.05, 0) is 38.9 Å². The second kappa shape index (κ2) is 8.24. The van der Waals surface area contributed by atoms with Gasteiger partial charge in [0.1, 0.15) is 6.54 Å². The minimum absolute atomic E-state index is 0.00509. The van der Waals surface area contributed by atoms with Gasteiger partial charge in [0.25, 0.3) is 0 Å². The van der Waals surface area contributed by atoms with E-state index in [2.05, 4.69) is 29.5 Å². The molecule has 7 heteroatoms. The van der Waals surface area contributed by atoms with E-state index in [0.717, 1.165) is 37.6 Å². The first-order valence-electron chi connectivity index (χ1n) is 8.39. The van der Waals surface area contributed by atoms with E-state index in [9.17, 15) is 4.79 Å². The molecule has 0 saturated carbocycles. The molecular formula is C16H30N4O2S. The first-order valence-corrected chi connectivity index (χ1v) is 9.55. The quantitative estimate of drug-likeness (QED) is 0.591. The molecule has 1 amide bonds. The van der Waals surface area contributed by atoms with E-state index in [0.29, 0.717) is 6.04 Å². The first-order chi connectivity index (χ1) is 10.9. The smallest absolute Gasteiger partial charge is 0.243 e. The van der Waals surface area contributed by atoms with Gasteiger partial charge in [0.05, 0.1) is 5.60 Å². The minimum Gasteiger partial charge on any atom is -0.374 e. The largest absolute Gasteiger partial charge is 0.374 e. The Balaban J connectivity index is 1.96. The van der Waals surface area contributed by atoms with E-state index >= 15 is 0 Å². The lowest BCUT2D eigenvalue weighted by atomic mass is 9.90. The normalized spacial score (nSPS) is 28.2. The Labute approximate surface area is 143 Å². The van der Waals surface area contributed by atoms with E-state index in [1.165, 1.54) is 5.75 Å². The molecule has 132 valence electrons. The number of hydrogen-bond donors (Lipinski definition) is 2. The van der Waals surface area contributed by atoms with Crippen molar-refractivity contribution in [3.8, 4) is 0 Å². The summed E-state index contributed by atoms with van der Waals surface area (Å²) in [5.74, 6) is 3.01. The van der Waals surface area contributed by atoms with E-state index in [1.54, 1.807) is 19.0 Å². The van der Waals surface area contributed by atoms with Crippen LogP contribution in [0.3, 0.4) is 0 Å². The van der Waals surface area contributed by atoms with Crippen LogP contribution in [0.15, 0.2) is 4.99 Å². The Morgan fingerprint density at radius 1 is 1.48 bits per heavy atom. The lowest BCUT2D eigenvalue weighted by Crippen LogP contribution is -2.52. The van der Waals surface area contributed by atoms with Crippen molar-refractivity contribution in [3.63, 3.8) is 0 Å². The highest BCUT2D eigenvalue weighted by Crippen LogP contribution is 2.38. The number of nitrogens with one attached hydrogen (secondary N) is 2. The van der Waals surface area contributed by atoms with E-state index < -0.39 is 0 Å². The number of thioether (sulfide) groups is 1. The molecular weight excluding hydrogens is 312 g/mol. The average Bonchev–Trinajstić information content (AvgIpc) is 2.91. The standard InChI is InChI=1S/C16H30N4O2S/c1-12(2)18-15(17-10-14(21)20(3)4)19-13-5-7-22-16(9-13)6-8-23-11-16/h12-13H,5-11H2,1-4H3,(H2,17,18,19). The maximum absolute atomic E-state index is 11.8. The summed E-state index contributed by atoms with van der Waals surface area (Å²) >= 11 is 1.98. The number of likely N-dealkylation sites (N-methyl/N-ethyl adjacent to an activating group) is 1. The summed E-state index contributed by atoms with van der Waals surface area (Å²) in [6.07, 6.45) is 3.13. The molecule has 0 bridgehead atoms. The van der Waals surface area contributed by atoms with Crippen LogP contribution in [-0.4, -0.2) is 73.2 Å². The molecule has 0 aromatic heterocycles. The molecule has 1 spiro atoms. The predicted molar refractivity (Wildman–Crippen MR) is 96.1 cm³/mol. The third-order valence-electron chi connectivity index (χ3n) is 4.20. The summed E-state index contributed by atoms with van der Waals surface area (Å²) < 4.78 is 6.07. The predicted octanol–water partition coefficient (Wildman–Crippen LogP) is 1.07. The second-order valence-corrected chi connectivity index (χ2v) is 8.03. The zero-order valence-electron chi connectivity index (χ0n) is 14.7. The highest BCUT2D eigenvalue weighted by Gasteiger charge is 2.40. The van der Waals surface area contributed by atoms with E-state index in [1.807, 2.05) is 11.8 Å². The van der Waals surface area contributed by atoms with Gasteiger partial charge in [-0.3, -0.25) is 4.79 Å².